The monoisotopic (exact) mass is 442 g/mol. The molecular formula is C25H34N2O5. The summed E-state index contributed by atoms with van der Waals surface area (Å²) in [5.41, 5.74) is -0.0701. The number of carbonyl (C=O) groups is 2. The highest BCUT2D eigenvalue weighted by Gasteiger charge is 2.40. The van der Waals surface area contributed by atoms with E-state index in [1.807, 2.05) is 19.9 Å². The van der Waals surface area contributed by atoms with Crippen LogP contribution in [-0.4, -0.2) is 48.7 Å². The van der Waals surface area contributed by atoms with Crippen LogP contribution in [0.25, 0.3) is 6.08 Å². The third kappa shape index (κ3) is 6.49. The van der Waals surface area contributed by atoms with E-state index in [1.54, 1.807) is 25.3 Å². The summed E-state index contributed by atoms with van der Waals surface area (Å²) in [6, 6.07) is 7.73. The highest BCUT2D eigenvalue weighted by molar-refractivity contribution is 5.90. The van der Waals surface area contributed by atoms with Crippen molar-refractivity contribution in [3.8, 4) is 17.6 Å². The number of likely N-dealkylation sites (N-methyl/N-ethyl adjacent to an activating group) is 1. The van der Waals surface area contributed by atoms with Crippen molar-refractivity contribution in [2.75, 3.05) is 20.3 Å². The molecule has 1 aromatic carbocycles. The normalized spacial score (nSPS) is 16.1. The number of nitriles is 1. The van der Waals surface area contributed by atoms with E-state index in [9.17, 15) is 14.9 Å². The van der Waals surface area contributed by atoms with Crippen LogP contribution in [0, 0.1) is 11.3 Å². The summed E-state index contributed by atoms with van der Waals surface area (Å²) in [4.78, 5) is 26.6. The summed E-state index contributed by atoms with van der Waals surface area (Å²) in [6.07, 6.45) is 6.97. The first-order valence-electron chi connectivity index (χ1n) is 11.3. The van der Waals surface area contributed by atoms with Gasteiger partial charge in [-0.05, 0) is 56.9 Å². The molecule has 0 saturated heterocycles. The van der Waals surface area contributed by atoms with E-state index in [4.69, 9.17) is 14.2 Å². The van der Waals surface area contributed by atoms with Gasteiger partial charge in [0.25, 0.3) is 5.91 Å². The van der Waals surface area contributed by atoms with E-state index in [-0.39, 0.29) is 5.91 Å². The van der Waals surface area contributed by atoms with Gasteiger partial charge >= 0.3 is 5.97 Å². The maximum absolute atomic E-state index is 12.8. The van der Waals surface area contributed by atoms with Gasteiger partial charge in [0.05, 0.1) is 19.3 Å². The first kappa shape index (κ1) is 25.3. The van der Waals surface area contributed by atoms with Crippen LogP contribution in [0.1, 0.15) is 64.9 Å². The fourth-order valence-corrected chi connectivity index (χ4v) is 3.80. The van der Waals surface area contributed by atoms with Crippen LogP contribution in [-0.2, 0) is 14.3 Å². The number of ether oxygens (including phenoxy) is 3. The van der Waals surface area contributed by atoms with E-state index in [0.29, 0.717) is 37.6 Å². The zero-order chi connectivity index (χ0) is 23.6. The second-order valence-corrected chi connectivity index (χ2v) is 8.00. The Morgan fingerprint density at radius 3 is 2.53 bits per heavy atom. The lowest BCUT2D eigenvalue weighted by Gasteiger charge is -2.39. The molecule has 0 aromatic heterocycles. The average molecular weight is 443 g/mol. The van der Waals surface area contributed by atoms with Crippen molar-refractivity contribution >= 4 is 18.0 Å². The van der Waals surface area contributed by atoms with Crippen molar-refractivity contribution in [1.82, 2.24) is 4.90 Å². The van der Waals surface area contributed by atoms with Crippen molar-refractivity contribution in [1.29, 1.82) is 5.26 Å². The molecule has 0 aliphatic heterocycles. The van der Waals surface area contributed by atoms with Crippen molar-refractivity contribution in [3.63, 3.8) is 0 Å². The van der Waals surface area contributed by atoms with Crippen LogP contribution in [0.3, 0.4) is 0 Å². The standard InChI is InChI=1S/C25H34N2O5/c1-5-16-31-21-12-10-20(17-22(21)30-6-2)11-13-23(28)32-19(3)24(29)27(4)25(18-26)14-8-7-9-15-25/h10-13,17,19H,5-9,14-16H2,1-4H3. The minimum atomic E-state index is -0.979. The minimum Gasteiger partial charge on any atom is -0.490 e. The summed E-state index contributed by atoms with van der Waals surface area (Å²) in [5, 5.41) is 9.68. The Kier molecular flexibility index (Phi) is 9.58. The summed E-state index contributed by atoms with van der Waals surface area (Å²) < 4.78 is 16.6. The summed E-state index contributed by atoms with van der Waals surface area (Å²) in [5.74, 6) is 0.269. The fraction of sp³-hybridized carbons (Fsp3) is 0.560. The van der Waals surface area contributed by atoms with Crippen LogP contribution in [0.15, 0.2) is 24.3 Å². The number of amides is 1. The van der Waals surface area contributed by atoms with E-state index >= 15 is 0 Å². The Morgan fingerprint density at radius 2 is 1.91 bits per heavy atom. The van der Waals surface area contributed by atoms with Crippen LogP contribution in [0.5, 0.6) is 11.5 Å². The second kappa shape index (κ2) is 12.1. The number of hydrogen-bond donors (Lipinski definition) is 0. The maximum atomic E-state index is 12.8. The predicted octanol–water partition coefficient (Wildman–Crippen LogP) is 4.50. The van der Waals surface area contributed by atoms with Gasteiger partial charge in [0.15, 0.2) is 17.6 Å². The number of hydrogen-bond acceptors (Lipinski definition) is 6. The highest BCUT2D eigenvalue weighted by Crippen LogP contribution is 2.33. The lowest BCUT2D eigenvalue weighted by atomic mass is 9.81. The first-order chi connectivity index (χ1) is 15.4. The predicted molar refractivity (Wildman–Crippen MR) is 122 cm³/mol. The van der Waals surface area contributed by atoms with E-state index in [2.05, 4.69) is 6.07 Å². The molecule has 1 fully saturated rings. The highest BCUT2D eigenvalue weighted by atomic mass is 16.5. The summed E-state index contributed by atoms with van der Waals surface area (Å²) in [7, 11) is 1.62. The van der Waals surface area contributed by atoms with Gasteiger partial charge in [-0.2, -0.15) is 5.26 Å². The smallest absolute Gasteiger partial charge is 0.331 e. The zero-order valence-corrected chi connectivity index (χ0v) is 19.6. The molecule has 1 saturated carbocycles. The Balaban J connectivity index is 2.01. The average Bonchev–Trinajstić information content (AvgIpc) is 2.81. The molecule has 1 atom stereocenters. The van der Waals surface area contributed by atoms with Crippen LogP contribution in [0.2, 0.25) is 0 Å². The molecule has 1 aliphatic carbocycles. The number of rotatable bonds is 10. The number of carbonyl (C=O) groups excluding carboxylic acids is 2. The van der Waals surface area contributed by atoms with Gasteiger partial charge in [0, 0.05) is 13.1 Å². The van der Waals surface area contributed by atoms with Crippen molar-refractivity contribution < 1.29 is 23.8 Å². The quantitative estimate of drug-likeness (QED) is 0.391. The molecule has 0 N–H and O–H groups in total. The van der Waals surface area contributed by atoms with Gasteiger partial charge in [-0.3, -0.25) is 4.79 Å². The van der Waals surface area contributed by atoms with Crippen molar-refractivity contribution in [2.24, 2.45) is 0 Å². The van der Waals surface area contributed by atoms with E-state index in [0.717, 1.165) is 31.2 Å². The molecule has 0 spiro atoms. The first-order valence-corrected chi connectivity index (χ1v) is 11.3. The molecule has 1 aliphatic rings. The number of benzene rings is 1. The van der Waals surface area contributed by atoms with Gasteiger partial charge in [-0.1, -0.05) is 32.3 Å². The van der Waals surface area contributed by atoms with Gasteiger partial charge in [0.2, 0.25) is 0 Å². The summed E-state index contributed by atoms with van der Waals surface area (Å²) in [6.45, 7) is 6.54. The van der Waals surface area contributed by atoms with Gasteiger partial charge < -0.3 is 19.1 Å². The second-order valence-electron chi connectivity index (χ2n) is 8.00. The third-order valence-electron chi connectivity index (χ3n) is 5.64. The largest absolute Gasteiger partial charge is 0.490 e. The SMILES string of the molecule is CCCOc1ccc(C=CC(=O)OC(C)C(=O)N(C)C2(C#N)CCCCC2)cc1OCC. The van der Waals surface area contributed by atoms with Crippen LogP contribution < -0.4 is 9.47 Å². The van der Waals surface area contributed by atoms with Gasteiger partial charge in [-0.25, -0.2) is 4.79 Å². The van der Waals surface area contributed by atoms with Crippen molar-refractivity contribution in [3.05, 3.63) is 29.8 Å². The minimum absolute atomic E-state index is 0.369. The van der Waals surface area contributed by atoms with Crippen molar-refractivity contribution in [2.45, 2.75) is 70.9 Å². The molecule has 1 aromatic rings. The topological polar surface area (TPSA) is 88.9 Å². The lowest BCUT2D eigenvalue weighted by Crippen LogP contribution is -2.53. The Hall–Kier alpha value is -3.01. The zero-order valence-electron chi connectivity index (χ0n) is 19.6. The molecule has 0 radical (unpaired) electrons. The Bertz CT molecular complexity index is 852. The molecule has 1 amide bonds. The molecule has 2 rings (SSSR count). The fourth-order valence-electron chi connectivity index (χ4n) is 3.80. The Morgan fingerprint density at radius 1 is 1.19 bits per heavy atom. The van der Waals surface area contributed by atoms with Gasteiger partial charge in [0.1, 0.15) is 5.54 Å². The molecule has 0 heterocycles. The Labute approximate surface area is 190 Å². The van der Waals surface area contributed by atoms with E-state index < -0.39 is 17.6 Å². The van der Waals surface area contributed by atoms with Crippen LogP contribution >= 0.6 is 0 Å². The third-order valence-corrected chi connectivity index (χ3v) is 5.64. The molecular weight excluding hydrogens is 408 g/mol. The summed E-state index contributed by atoms with van der Waals surface area (Å²) >= 11 is 0. The number of esters is 1. The van der Waals surface area contributed by atoms with E-state index in [1.165, 1.54) is 17.9 Å². The molecule has 7 nitrogen and oxygen atoms in total. The molecule has 174 valence electrons. The molecule has 0 bridgehead atoms. The number of nitrogens with zero attached hydrogens (tertiary/aromatic N) is 2. The molecule has 1 unspecified atom stereocenters. The lowest BCUT2D eigenvalue weighted by molar-refractivity contribution is -0.157. The van der Waals surface area contributed by atoms with Gasteiger partial charge in [-0.15, -0.1) is 0 Å². The molecule has 7 heteroatoms. The maximum Gasteiger partial charge on any atom is 0.331 e. The van der Waals surface area contributed by atoms with Crippen LogP contribution in [0.4, 0.5) is 0 Å². The molecule has 32 heavy (non-hydrogen) atoms.